The first kappa shape index (κ1) is 15.6. The van der Waals surface area contributed by atoms with Crippen LogP contribution in [0, 0.1) is 17.1 Å². The zero-order valence-electron chi connectivity index (χ0n) is 12.2. The van der Waals surface area contributed by atoms with Crippen molar-refractivity contribution in [2.45, 2.75) is 39.8 Å². The van der Waals surface area contributed by atoms with Gasteiger partial charge in [-0.3, -0.25) is 10.3 Å². The monoisotopic (exact) mass is 265 g/mol. The van der Waals surface area contributed by atoms with E-state index in [1.165, 1.54) is 12.1 Å². The van der Waals surface area contributed by atoms with Gasteiger partial charge in [0.05, 0.1) is 0 Å². The predicted octanol–water partition coefficient (Wildman–Crippen LogP) is 2.98. The maximum atomic E-state index is 13.5. The molecule has 0 radical (unpaired) electrons. The summed E-state index contributed by atoms with van der Waals surface area (Å²) in [7, 11) is 2.03. The maximum absolute atomic E-state index is 13.5. The Balaban J connectivity index is 2.78. The molecule has 0 bridgehead atoms. The van der Waals surface area contributed by atoms with Crippen LogP contribution in [0.15, 0.2) is 18.2 Å². The fourth-order valence-corrected chi connectivity index (χ4v) is 2.20. The van der Waals surface area contributed by atoms with Gasteiger partial charge in [0, 0.05) is 18.2 Å². The van der Waals surface area contributed by atoms with Gasteiger partial charge in [-0.25, -0.2) is 4.39 Å². The van der Waals surface area contributed by atoms with Crippen LogP contribution in [0.5, 0.6) is 0 Å². The van der Waals surface area contributed by atoms with Crippen LogP contribution < -0.4 is 5.73 Å². The third-order valence-corrected chi connectivity index (χ3v) is 3.27. The summed E-state index contributed by atoms with van der Waals surface area (Å²) in [5.41, 5.74) is 6.71. The molecule has 1 rings (SSSR count). The molecule has 1 aromatic carbocycles. The first-order valence-corrected chi connectivity index (χ1v) is 6.63. The van der Waals surface area contributed by atoms with E-state index in [-0.39, 0.29) is 11.7 Å². The molecule has 1 unspecified atom stereocenters. The minimum atomic E-state index is -0.340. The highest BCUT2D eigenvalue weighted by Crippen LogP contribution is 2.15. The summed E-state index contributed by atoms with van der Waals surface area (Å²) >= 11 is 0. The van der Waals surface area contributed by atoms with Gasteiger partial charge in [0.15, 0.2) is 0 Å². The second-order valence-electron chi connectivity index (χ2n) is 5.66. The predicted molar refractivity (Wildman–Crippen MR) is 77.8 cm³/mol. The highest BCUT2D eigenvalue weighted by Gasteiger charge is 2.12. The van der Waals surface area contributed by atoms with Gasteiger partial charge in [-0.15, -0.1) is 0 Å². The summed E-state index contributed by atoms with van der Waals surface area (Å²) in [5, 5.41) is 7.39. The highest BCUT2D eigenvalue weighted by atomic mass is 19.1. The van der Waals surface area contributed by atoms with Crippen LogP contribution in [0.25, 0.3) is 0 Å². The molecule has 0 aliphatic carbocycles. The van der Waals surface area contributed by atoms with Gasteiger partial charge in [-0.2, -0.15) is 0 Å². The second kappa shape index (κ2) is 6.66. The van der Waals surface area contributed by atoms with E-state index in [4.69, 9.17) is 11.1 Å². The molecule has 0 saturated heterocycles. The third kappa shape index (κ3) is 4.99. The number of nitrogens with two attached hydrogens (primary N) is 1. The number of hydrogen-bond acceptors (Lipinski definition) is 2. The molecule has 3 nitrogen and oxygen atoms in total. The summed E-state index contributed by atoms with van der Waals surface area (Å²) in [6, 6.07) is 5.02. The Labute approximate surface area is 115 Å². The normalized spacial score (nSPS) is 13.0. The van der Waals surface area contributed by atoms with Gasteiger partial charge in [0.1, 0.15) is 11.7 Å². The van der Waals surface area contributed by atoms with E-state index < -0.39 is 0 Å². The molecule has 1 atom stereocenters. The van der Waals surface area contributed by atoms with Crippen molar-refractivity contribution in [3.63, 3.8) is 0 Å². The molecule has 0 spiro atoms. The SMILES string of the molecule is CC(C)CC(C)N(C)Cc1cc(F)cc(C(=N)N)c1. The summed E-state index contributed by atoms with van der Waals surface area (Å²) in [6.45, 7) is 7.22. The Hall–Kier alpha value is -1.42. The Morgan fingerprint density at radius 3 is 2.47 bits per heavy atom. The maximum Gasteiger partial charge on any atom is 0.124 e. The number of rotatable bonds is 6. The molecule has 0 aliphatic rings. The second-order valence-corrected chi connectivity index (χ2v) is 5.66. The number of nitrogen functional groups attached to an aromatic ring is 1. The van der Waals surface area contributed by atoms with Crippen molar-refractivity contribution in [3.05, 3.63) is 35.1 Å². The molecule has 0 amide bonds. The van der Waals surface area contributed by atoms with Gasteiger partial charge >= 0.3 is 0 Å². The minimum Gasteiger partial charge on any atom is -0.384 e. The van der Waals surface area contributed by atoms with E-state index in [2.05, 4.69) is 25.7 Å². The van der Waals surface area contributed by atoms with E-state index in [0.29, 0.717) is 24.1 Å². The Kier molecular flexibility index (Phi) is 5.48. The van der Waals surface area contributed by atoms with Crippen LogP contribution in [0.2, 0.25) is 0 Å². The van der Waals surface area contributed by atoms with Crippen LogP contribution >= 0.6 is 0 Å². The van der Waals surface area contributed by atoms with Crippen LogP contribution in [0.3, 0.4) is 0 Å². The van der Waals surface area contributed by atoms with Crippen molar-refractivity contribution in [1.29, 1.82) is 5.41 Å². The number of nitrogens with one attached hydrogen (secondary N) is 1. The summed E-state index contributed by atoms with van der Waals surface area (Å²) in [5.74, 6) is 0.198. The molecule has 1 aromatic rings. The summed E-state index contributed by atoms with van der Waals surface area (Å²) in [4.78, 5) is 2.19. The average molecular weight is 265 g/mol. The lowest BCUT2D eigenvalue weighted by atomic mass is 10.0. The van der Waals surface area contributed by atoms with Gasteiger partial charge in [-0.05, 0) is 50.1 Å². The fraction of sp³-hybridized carbons (Fsp3) is 0.533. The standard InChI is InChI=1S/C15H24FN3/c1-10(2)5-11(3)19(4)9-12-6-13(15(17)18)8-14(16)7-12/h6-8,10-11H,5,9H2,1-4H3,(H3,17,18). The van der Waals surface area contributed by atoms with Crippen molar-refractivity contribution < 1.29 is 4.39 Å². The van der Waals surface area contributed by atoms with Gasteiger partial charge in [0.2, 0.25) is 0 Å². The van der Waals surface area contributed by atoms with E-state index in [0.717, 1.165) is 12.0 Å². The highest BCUT2D eigenvalue weighted by molar-refractivity contribution is 5.95. The number of benzene rings is 1. The average Bonchev–Trinajstić information content (AvgIpc) is 2.26. The first-order valence-electron chi connectivity index (χ1n) is 6.63. The van der Waals surface area contributed by atoms with Gasteiger partial charge in [0.25, 0.3) is 0 Å². The molecule has 106 valence electrons. The molecular formula is C15H24FN3. The molecule has 0 aliphatic heterocycles. The lowest BCUT2D eigenvalue weighted by molar-refractivity contribution is 0.220. The Morgan fingerprint density at radius 1 is 1.32 bits per heavy atom. The van der Waals surface area contributed by atoms with Crippen molar-refractivity contribution in [1.82, 2.24) is 4.90 Å². The van der Waals surface area contributed by atoms with Crippen molar-refractivity contribution in [3.8, 4) is 0 Å². The first-order chi connectivity index (χ1) is 8.79. The van der Waals surface area contributed by atoms with Crippen molar-refractivity contribution >= 4 is 5.84 Å². The van der Waals surface area contributed by atoms with Gasteiger partial charge < -0.3 is 5.73 Å². The van der Waals surface area contributed by atoms with E-state index >= 15 is 0 Å². The molecular weight excluding hydrogens is 241 g/mol. The van der Waals surface area contributed by atoms with E-state index in [1.807, 2.05) is 7.05 Å². The zero-order chi connectivity index (χ0) is 14.6. The van der Waals surface area contributed by atoms with Gasteiger partial charge in [-0.1, -0.05) is 13.8 Å². The molecule has 0 saturated carbocycles. The molecule has 0 heterocycles. The zero-order valence-corrected chi connectivity index (χ0v) is 12.2. The summed E-state index contributed by atoms with van der Waals surface area (Å²) in [6.07, 6.45) is 1.10. The quantitative estimate of drug-likeness (QED) is 0.613. The van der Waals surface area contributed by atoms with Crippen molar-refractivity contribution in [2.24, 2.45) is 11.7 Å². The number of nitrogens with zero attached hydrogens (tertiary/aromatic N) is 1. The lowest BCUT2D eigenvalue weighted by Crippen LogP contribution is -2.30. The topological polar surface area (TPSA) is 53.1 Å². The van der Waals surface area contributed by atoms with Crippen LogP contribution in [-0.2, 0) is 6.54 Å². The van der Waals surface area contributed by atoms with Crippen molar-refractivity contribution in [2.75, 3.05) is 7.05 Å². The van der Waals surface area contributed by atoms with E-state index in [9.17, 15) is 4.39 Å². The third-order valence-electron chi connectivity index (χ3n) is 3.27. The molecule has 4 heteroatoms. The fourth-order valence-electron chi connectivity index (χ4n) is 2.20. The Bertz CT molecular complexity index is 443. The van der Waals surface area contributed by atoms with Crippen LogP contribution in [0.4, 0.5) is 4.39 Å². The number of hydrogen-bond donors (Lipinski definition) is 2. The molecule has 0 aromatic heterocycles. The lowest BCUT2D eigenvalue weighted by Gasteiger charge is -2.26. The summed E-state index contributed by atoms with van der Waals surface area (Å²) < 4.78 is 13.5. The number of halogens is 1. The Morgan fingerprint density at radius 2 is 1.95 bits per heavy atom. The number of amidine groups is 1. The largest absolute Gasteiger partial charge is 0.384 e. The van der Waals surface area contributed by atoms with Crippen LogP contribution in [-0.4, -0.2) is 23.8 Å². The minimum absolute atomic E-state index is 0.0985. The smallest absolute Gasteiger partial charge is 0.124 e. The van der Waals surface area contributed by atoms with E-state index in [1.54, 1.807) is 6.07 Å². The molecule has 19 heavy (non-hydrogen) atoms. The molecule has 0 fully saturated rings. The molecule has 3 N–H and O–H groups in total. The van der Waals surface area contributed by atoms with Crippen LogP contribution in [0.1, 0.15) is 38.3 Å².